The Balaban J connectivity index is 2.72. The number of hydrogen-bond donors (Lipinski definition) is 0. The molecular weight excluding hydrogens is 391 g/mol. The van der Waals surface area contributed by atoms with Gasteiger partial charge in [0.1, 0.15) is 11.3 Å². The molecule has 0 saturated heterocycles. The Hall–Kier alpha value is -1.97. The van der Waals surface area contributed by atoms with Crippen molar-refractivity contribution in [3.8, 4) is 5.69 Å². The molecule has 0 aliphatic carbocycles. The van der Waals surface area contributed by atoms with Gasteiger partial charge in [-0.2, -0.15) is 18.3 Å². The van der Waals surface area contributed by atoms with Crippen molar-refractivity contribution in [2.75, 3.05) is 6.61 Å². The molecule has 0 atom stereocenters. The van der Waals surface area contributed by atoms with Crippen molar-refractivity contribution in [3.05, 3.63) is 45.7 Å². The van der Waals surface area contributed by atoms with Gasteiger partial charge in [-0.15, -0.1) is 0 Å². The average Bonchev–Trinajstić information content (AvgIpc) is 2.82. The summed E-state index contributed by atoms with van der Waals surface area (Å²) in [7, 11) is 0. The van der Waals surface area contributed by atoms with Gasteiger partial charge < -0.3 is 4.74 Å². The lowest BCUT2D eigenvalue weighted by molar-refractivity contribution is -0.143. The largest absolute Gasteiger partial charge is 0.462 e. The molecule has 2 aromatic rings. The molecule has 0 saturated carbocycles. The number of hydrogen-bond acceptors (Lipinski definition) is 3. The van der Waals surface area contributed by atoms with Crippen LogP contribution in [0.25, 0.3) is 5.69 Å². The van der Waals surface area contributed by atoms with Crippen LogP contribution < -0.4 is 0 Å². The number of ether oxygens (including phenoxy) is 1. The number of carbonyl (C=O) groups excluding carboxylic acids is 1. The first-order valence-corrected chi connectivity index (χ1v) is 6.93. The highest BCUT2D eigenvalue weighted by atomic mass is 79.9. The summed E-state index contributed by atoms with van der Waals surface area (Å²) in [6, 6.07) is 1.56. The molecule has 0 amide bonds. The standard InChI is InChI=1S/C13H8BrF5N2O2/c1-2-23-12(22)7-5-20-21(11(7)13(17,18)19)10-8(15)3-6(14)4-9(10)16/h3-5H,2H2,1H3. The Bertz CT molecular complexity index is 734. The van der Waals surface area contributed by atoms with E-state index in [0.29, 0.717) is 6.20 Å². The third-order valence-electron chi connectivity index (χ3n) is 2.73. The van der Waals surface area contributed by atoms with Crippen LogP contribution in [0.4, 0.5) is 22.0 Å². The molecule has 1 aromatic heterocycles. The van der Waals surface area contributed by atoms with Crippen LogP contribution >= 0.6 is 15.9 Å². The Morgan fingerprint density at radius 2 is 1.87 bits per heavy atom. The van der Waals surface area contributed by atoms with Crippen LogP contribution in [0.2, 0.25) is 0 Å². The number of esters is 1. The number of halogens is 6. The third kappa shape index (κ3) is 3.36. The predicted molar refractivity (Wildman–Crippen MR) is 72.1 cm³/mol. The number of rotatable bonds is 3. The highest BCUT2D eigenvalue weighted by molar-refractivity contribution is 9.10. The van der Waals surface area contributed by atoms with Gasteiger partial charge in [-0.05, 0) is 19.1 Å². The number of benzene rings is 1. The van der Waals surface area contributed by atoms with Crippen LogP contribution in [0.1, 0.15) is 23.0 Å². The molecule has 1 heterocycles. The molecule has 0 unspecified atom stereocenters. The highest BCUT2D eigenvalue weighted by Crippen LogP contribution is 2.35. The fraction of sp³-hybridized carbons (Fsp3) is 0.231. The molecule has 0 bridgehead atoms. The third-order valence-corrected chi connectivity index (χ3v) is 3.18. The van der Waals surface area contributed by atoms with E-state index in [4.69, 9.17) is 0 Å². The monoisotopic (exact) mass is 398 g/mol. The van der Waals surface area contributed by atoms with Crippen molar-refractivity contribution in [1.29, 1.82) is 0 Å². The Morgan fingerprint density at radius 1 is 1.30 bits per heavy atom. The van der Waals surface area contributed by atoms with Gasteiger partial charge in [-0.25, -0.2) is 18.3 Å². The second-order valence-electron chi connectivity index (χ2n) is 4.25. The summed E-state index contributed by atoms with van der Waals surface area (Å²) in [5, 5.41) is 3.31. The molecule has 4 nitrogen and oxygen atoms in total. The van der Waals surface area contributed by atoms with Crippen LogP contribution in [-0.2, 0) is 10.9 Å². The van der Waals surface area contributed by atoms with E-state index in [2.05, 4.69) is 25.8 Å². The van der Waals surface area contributed by atoms with Gasteiger partial charge in [0.2, 0.25) is 0 Å². The molecule has 0 N–H and O–H groups in total. The van der Waals surface area contributed by atoms with E-state index in [1.807, 2.05) is 0 Å². The molecule has 0 aliphatic heterocycles. The fourth-order valence-electron chi connectivity index (χ4n) is 1.89. The highest BCUT2D eigenvalue weighted by Gasteiger charge is 2.42. The summed E-state index contributed by atoms with van der Waals surface area (Å²) < 4.78 is 72.1. The first kappa shape index (κ1) is 17.4. The molecule has 0 aliphatic rings. The van der Waals surface area contributed by atoms with Gasteiger partial charge in [0, 0.05) is 4.47 Å². The van der Waals surface area contributed by atoms with E-state index in [0.717, 1.165) is 12.1 Å². The molecule has 124 valence electrons. The fourth-order valence-corrected chi connectivity index (χ4v) is 2.29. The van der Waals surface area contributed by atoms with Gasteiger partial charge >= 0.3 is 12.1 Å². The maximum atomic E-state index is 13.9. The molecule has 0 radical (unpaired) electrons. The number of nitrogens with zero attached hydrogens (tertiary/aromatic N) is 2. The van der Waals surface area contributed by atoms with Gasteiger partial charge in [0.25, 0.3) is 0 Å². The summed E-state index contributed by atoms with van der Waals surface area (Å²) in [5.74, 6) is -3.84. The Morgan fingerprint density at radius 3 is 2.35 bits per heavy atom. The minimum absolute atomic E-state index is 0.00239. The first-order chi connectivity index (χ1) is 10.7. The number of alkyl halides is 3. The van der Waals surface area contributed by atoms with Crippen LogP contribution in [0, 0.1) is 11.6 Å². The second kappa shape index (κ2) is 6.26. The quantitative estimate of drug-likeness (QED) is 0.577. The summed E-state index contributed by atoms with van der Waals surface area (Å²) in [6.07, 6.45) is -4.52. The minimum Gasteiger partial charge on any atom is -0.462 e. The van der Waals surface area contributed by atoms with Crippen molar-refractivity contribution in [2.24, 2.45) is 0 Å². The second-order valence-corrected chi connectivity index (χ2v) is 5.17. The van der Waals surface area contributed by atoms with Crippen molar-refractivity contribution < 1.29 is 31.5 Å². The summed E-state index contributed by atoms with van der Waals surface area (Å²) in [6.45, 7) is 1.24. The zero-order valence-electron chi connectivity index (χ0n) is 11.4. The summed E-state index contributed by atoms with van der Waals surface area (Å²) in [5.41, 5.74) is -3.59. The van der Waals surface area contributed by atoms with Crippen LogP contribution in [0.15, 0.2) is 22.8 Å². The number of aromatic nitrogens is 2. The smallest absolute Gasteiger partial charge is 0.434 e. The van der Waals surface area contributed by atoms with E-state index < -0.39 is 40.7 Å². The lowest BCUT2D eigenvalue weighted by Gasteiger charge is -2.13. The van der Waals surface area contributed by atoms with E-state index in [1.165, 1.54) is 6.92 Å². The predicted octanol–water partition coefficient (Wildman–Crippen LogP) is 4.11. The van der Waals surface area contributed by atoms with E-state index in [-0.39, 0.29) is 15.8 Å². The molecule has 0 fully saturated rings. The number of carbonyl (C=O) groups is 1. The SMILES string of the molecule is CCOC(=O)c1cnn(-c2c(F)cc(Br)cc2F)c1C(F)(F)F. The van der Waals surface area contributed by atoms with Gasteiger partial charge in [-0.1, -0.05) is 15.9 Å². The molecule has 1 aromatic carbocycles. The zero-order valence-corrected chi connectivity index (χ0v) is 13.0. The Labute approximate surface area is 135 Å². The van der Waals surface area contributed by atoms with E-state index in [1.54, 1.807) is 0 Å². The zero-order chi connectivity index (χ0) is 17.4. The lowest BCUT2D eigenvalue weighted by atomic mass is 10.2. The van der Waals surface area contributed by atoms with Crippen LogP contribution in [-0.4, -0.2) is 22.4 Å². The first-order valence-electron chi connectivity index (χ1n) is 6.14. The van der Waals surface area contributed by atoms with E-state index >= 15 is 0 Å². The molecule has 2 rings (SSSR count). The van der Waals surface area contributed by atoms with Crippen molar-refractivity contribution in [2.45, 2.75) is 13.1 Å². The maximum Gasteiger partial charge on any atom is 0.434 e. The van der Waals surface area contributed by atoms with Gasteiger partial charge in [0.05, 0.1) is 12.8 Å². The van der Waals surface area contributed by atoms with Gasteiger partial charge in [-0.3, -0.25) is 0 Å². The lowest BCUT2D eigenvalue weighted by Crippen LogP contribution is -2.19. The topological polar surface area (TPSA) is 44.1 Å². The molecule has 0 spiro atoms. The maximum absolute atomic E-state index is 13.9. The molecule has 10 heteroatoms. The van der Waals surface area contributed by atoms with Crippen molar-refractivity contribution >= 4 is 21.9 Å². The summed E-state index contributed by atoms with van der Waals surface area (Å²) in [4.78, 5) is 11.6. The average molecular weight is 399 g/mol. The minimum atomic E-state index is -5.08. The van der Waals surface area contributed by atoms with E-state index in [9.17, 15) is 26.7 Å². The van der Waals surface area contributed by atoms with Crippen molar-refractivity contribution in [3.63, 3.8) is 0 Å². The van der Waals surface area contributed by atoms with Crippen molar-refractivity contribution in [1.82, 2.24) is 9.78 Å². The summed E-state index contributed by atoms with van der Waals surface area (Å²) >= 11 is 2.82. The normalized spacial score (nSPS) is 11.6. The molecular formula is C13H8BrF5N2O2. The van der Waals surface area contributed by atoms with Crippen LogP contribution in [0.3, 0.4) is 0 Å². The Kier molecular flexibility index (Phi) is 4.73. The molecule has 23 heavy (non-hydrogen) atoms. The van der Waals surface area contributed by atoms with Gasteiger partial charge in [0.15, 0.2) is 17.3 Å². The van der Waals surface area contributed by atoms with Crippen LogP contribution in [0.5, 0.6) is 0 Å².